The molecule has 2 N–H and O–H groups in total. The van der Waals surface area contributed by atoms with Gasteiger partial charge in [-0.1, -0.05) is 29.8 Å². The lowest BCUT2D eigenvalue weighted by molar-refractivity contribution is -0.113. The summed E-state index contributed by atoms with van der Waals surface area (Å²) < 4.78 is 7.99. The van der Waals surface area contributed by atoms with Gasteiger partial charge in [-0.25, -0.2) is 0 Å². The van der Waals surface area contributed by atoms with Gasteiger partial charge >= 0.3 is 0 Å². The molecule has 1 aliphatic rings. The van der Waals surface area contributed by atoms with Crippen LogP contribution in [0.2, 0.25) is 0 Å². The number of thioether (sulfide) groups is 1. The Kier molecular flexibility index (Phi) is 6.05. The van der Waals surface area contributed by atoms with Gasteiger partial charge in [-0.2, -0.15) is 4.99 Å². The second-order valence-electron chi connectivity index (χ2n) is 5.45. The maximum atomic E-state index is 11.7. The number of ether oxygens (including phenoxy) is 1. The van der Waals surface area contributed by atoms with Crippen LogP contribution in [0.3, 0.4) is 0 Å². The first-order chi connectivity index (χ1) is 11.9. The summed E-state index contributed by atoms with van der Waals surface area (Å²) in [5, 5.41) is 0.290. The monoisotopic (exact) mass is 576 g/mol. The predicted molar refractivity (Wildman–Crippen MR) is 120 cm³/mol. The number of carbonyl (C=O) groups excluding carboxylic acids is 1. The molecular formula is C18H14I2N2O2S. The van der Waals surface area contributed by atoms with Crippen molar-refractivity contribution in [2.45, 2.75) is 13.5 Å². The molecule has 0 fully saturated rings. The molecule has 1 amide bonds. The Balaban J connectivity index is 1.77. The first-order valence-electron chi connectivity index (χ1n) is 7.38. The van der Waals surface area contributed by atoms with E-state index in [1.54, 1.807) is 0 Å². The first-order valence-corrected chi connectivity index (χ1v) is 10.3. The summed E-state index contributed by atoms with van der Waals surface area (Å²) in [6.07, 6.45) is 1.81. The van der Waals surface area contributed by atoms with Gasteiger partial charge in [0.1, 0.15) is 12.4 Å². The van der Waals surface area contributed by atoms with Gasteiger partial charge in [0, 0.05) is 0 Å². The Morgan fingerprint density at radius 1 is 1.20 bits per heavy atom. The van der Waals surface area contributed by atoms with E-state index < -0.39 is 0 Å². The van der Waals surface area contributed by atoms with Gasteiger partial charge in [0.15, 0.2) is 5.17 Å². The second-order valence-corrected chi connectivity index (χ2v) is 8.84. The standard InChI is InChI=1S/C18H14I2N2O2S/c1-10-2-4-11(5-3-10)9-24-16-13(19)6-12(7-14(16)20)8-15-17(23)22-18(21)25-15/h2-8H,9H2,1H3,(H2,21,22,23). The van der Waals surface area contributed by atoms with Crippen LogP contribution < -0.4 is 10.5 Å². The van der Waals surface area contributed by atoms with Crippen molar-refractivity contribution in [3.8, 4) is 5.75 Å². The molecule has 7 heteroatoms. The quantitative estimate of drug-likeness (QED) is 0.423. The third kappa shape index (κ3) is 4.76. The number of rotatable bonds is 4. The number of hydrogen-bond acceptors (Lipinski definition) is 4. The van der Waals surface area contributed by atoms with E-state index in [-0.39, 0.29) is 5.91 Å². The molecule has 0 unspecified atom stereocenters. The number of amidine groups is 1. The number of hydrogen-bond donors (Lipinski definition) is 1. The number of amides is 1. The van der Waals surface area contributed by atoms with Gasteiger partial charge in [-0.15, -0.1) is 0 Å². The largest absolute Gasteiger partial charge is 0.487 e. The Morgan fingerprint density at radius 2 is 1.84 bits per heavy atom. The zero-order valence-electron chi connectivity index (χ0n) is 13.3. The molecule has 0 bridgehead atoms. The Bertz CT molecular complexity index is 869. The molecule has 0 saturated heterocycles. The van der Waals surface area contributed by atoms with Gasteiger partial charge in [-0.3, -0.25) is 4.79 Å². The van der Waals surface area contributed by atoms with E-state index in [0.717, 1.165) is 24.0 Å². The molecule has 128 valence electrons. The van der Waals surface area contributed by atoms with E-state index in [2.05, 4.69) is 81.4 Å². The van der Waals surface area contributed by atoms with E-state index in [1.807, 2.05) is 18.2 Å². The minimum absolute atomic E-state index is 0.285. The molecule has 25 heavy (non-hydrogen) atoms. The van der Waals surface area contributed by atoms with E-state index in [9.17, 15) is 4.79 Å². The Labute approximate surface area is 177 Å². The van der Waals surface area contributed by atoms with Crippen LogP contribution in [-0.4, -0.2) is 11.1 Å². The van der Waals surface area contributed by atoms with Crippen LogP contribution >= 0.6 is 56.9 Å². The lowest BCUT2D eigenvalue weighted by Gasteiger charge is -2.12. The van der Waals surface area contributed by atoms with Crippen LogP contribution in [0.15, 0.2) is 46.3 Å². The van der Waals surface area contributed by atoms with Gasteiger partial charge < -0.3 is 10.5 Å². The molecule has 3 rings (SSSR count). The molecule has 0 atom stereocenters. The summed E-state index contributed by atoms with van der Waals surface area (Å²) >= 11 is 5.70. The highest BCUT2D eigenvalue weighted by Gasteiger charge is 2.20. The summed E-state index contributed by atoms with van der Waals surface area (Å²) in [6, 6.07) is 12.3. The zero-order valence-corrected chi connectivity index (χ0v) is 18.4. The number of halogens is 2. The normalized spacial score (nSPS) is 15.6. The van der Waals surface area contributed by atoms with Crippen LogP contribution in [0.4, 0.5) is 0 Å². The molecule has 4 nitrogen and oxygen atoms in total. The molecule has 2 aromatic carbocycles. The van der Waals surface area contributed by atoms with E-state index >= 15 is 0 Å². The average Bonchev–Trinajstić information content (AvgIpc) is 2.86. The second kappa shape index (κ2) is 8.09. The third-order valence-electron chi connectivity index (χ3n) is 3.46. The maximum Gasteiger partial charge on any atom is 0.286 e. The lowest BCUT2D eigenvalue weighted by Crippen LogP contribution is -2.01. The maximum absolute atomic E-state index is 11.7. The molecule has 0 aromatic heterocycles. The van der Waals surface area contributed by atoms with Crippen molar-refractivity contribution in [1.29, 1.82) is 0 Å². The average molecular weight is 576 g/mol. The van der Waals surface area contributed by atoms with Crippen molar-refractivity contribution in [3.05, 3.63) is 65.1 Å². The fraction of sp³-hybridized carbons (Fsp3) is 0.111. The van der Waals surface area contributed by atoms with Crippen LogP contribution in [0.5, 0.6) is 5.75 Å². The van der Waals surface area contributed by atoms with Crippen molar-refractivity contribution >= 4 is 74.1 Å². The van der Waals surface area contributed by atoms with Gasteiger partial charge in [-0.05, 0) is 93.2 Å². The number of aliphatic imine (C=N–C) groups is 1. The molecule has 0 radical (unpaired) electrons. The van der Waals surface area contributed by atoms with E-state index in [4.69, 9.17) is 10.5 Å². The third-order valence-corrected chi connectivity index (χ3v) is 5.87. The summed E-state index contributed by atoms with van der Waals surface area (Å²) in [5.74, 6) is 0.567. The molecule has 1 heterocycles. The Morgan fingerprint density at radius 3 is 2.40 bits per heavy atom. The topological polar surface area (TPSA) is 64.7 Å². The first kappa shape index (κ1) is 18.7. The molecule has 0 saturated carbocycles. The van der Waals surface area contributed by atoms with Crippen molar-refractivity contribution in [3.63, 3.8) is 0 Å². The fourth-order valence-corrected chi connectivity index (χ4v) is 5.03. The zero-order chi connectivity index (χ0) is 18.0. The van der Waals surface area contributed by atoms with E-state index in [1.165, 1.54) is 17.3 Å². The summed E-state index contributed by atoms with van der Waals surface area (Å²) in [6.45, 7) is 2.58. The highest BCUT2D eigenvalue weighted by Crippen LogP contribution is 2.32. The SMILES string of the molecule is Cc1ccc(COc2c(I)cc(C=C3SC(N)=NC3=O)cc2I)cc1. The molecule has 1 aliphatic heterocycles. The van der Waals surface area contributed by atoms with E-state index in [0.29, 0.717) is 16.7 Å². The summed E-state index contributed by atoms with van der Waals surface area (Å²) in [5.41, 5.74) is 8.87. The molecule has 0 spiro atoms. The fourth-order valence-electron chi connectivity index (χ4n) is 2.22. The number of nitrogens with zero attached hydrogens (tertiary/aromatic N) is 1. The van der Waals surface area contributed by atoms with Crippen LogP contribution in [-0.2, 0) is 11.4 Å². The van der Waals surface area contributed by atoms with Crippen molar-refractivity contribution in [1.82, 2.24) is 0 Å². The van der Waals surface area contributed by atoms with Gasteiger partial charge in [0.25, 0.3) is 5.91 Å². The predicted octanol–water partition coefficient (Wildman–Crippen LogP) is 4.71. The molecule has 0 aliphatic carbocycles. The van der Waals surface area contributed by atoms with Crippen LogP contribution in [0, 0.1) is 14.1 Å². The highest BCUT2D eigenvalue weighted by atomic mass is 127. The minimum Gasteiger partial charge on any atom is -0.487 e. The van der Waals surface area contributed by atoms with Crippen molar-refractivity contribution in [2.75, 3.05) is 0 Å². The summed E-state index contributed by atoms with van der Waals surface area (Å²) in [7, 11) is 0. The Hall–Kier alpha value is -1.07. The smallest absolute Gasteiger partial charge is 0.286 e. The van der Waals surface area contributed by atoms with Crippen molar-refractivity contribution in [2.24, 2.45) is 10.7 Å². The molecular weight excluding hydrogens is 562 g/mol. The van der Waals surface area contributed by atoms with Gasteiger partial charge in [0.05, 0.1) is 12.0 Å². The van der Waals surface area contributed by atoms with Gasteiger partial charge in [0.2, 0.25) is 0 Å². The van der Waals surface area contributed by atoms with Crippen LogP contribution in [0.25, 0.3) is 6.08 Å². The number of benzene rings is 2. The summed E-state index contributed by atoms with van der Waals surface area (Å²) in [4.78, 5) is 16.0. The lowest BCUT2D eigenvalue weighted by atomic mass is 10.1. The number of carbonyl (C=O) groups is 1. The molecule has 2 aromatic rings. The number of nitrogens with two attached hydrogens (primary N) is 1. The highest BCUT2D eigenvalue weighted by molar-refractivity contribution is 14.1. The minimum atomic E-state index is -0.285. The number of aryl methyl sites for hydroxylation is 1. The van der Waals surface area contributed by atoms with Crippen molar-refractivity contribution < 1.29 is 9.53 Å². The van der Waals surface area contributed by atoms with Crippen LogP contribution in [0.1, 0.15) is 16.7 Å².